The van der Waals surface area contributed by atoms with Crippen LogP contribution in [0.2, 0.25) is 10.0 Å². The highest BCUT2D eigenvalue weighted by molar-refractivity contribution is 6.30. The van der Waals surface area contributed by atoms with Crippen molar-refractivity contribution in [3.63, 3.8) is 0 Å². The smallest absolute Gasteiger partial charge is 0.267 e. The molecular formula is C23H15Cl2N3O. The second-order valence-electron chi connectivity index (χ2n) is 6.33. The zero-order valence-corrected chi connectivity index (χ0v) is 16.7. The van der Waals surface area contributed by atoms with E-state index in [9.17, 15) is 4.79 Å². The summed E-state index contributed by atoms with van der Waals surface area (Å²) in [7, 11) is 0. The molecule has 4 rings (SSSR count). The number of carbonyl (C=O) groups is 1. The maximum Gasteiger partial charge on any atom is 0.272 e. The summed E-state index contributed by atoms with van der Waals surface area (Å²) in [5.74, 6) is -0.316. The Morgan fingerprint density at radius 1 is 0.897 bits per heavy atom. The molecule has 0 fully saturated rings. The molecule has 0 aliphatic carbocycles. The van der Waals surface area contributed by atoms with Crippen LogP contribution in [0.25, 0.3) is 22.2 Å². The first kappa shape index (κ1) is 19.1. The Balaban J connectivity index is 1.67. The number of amides is 1. The van der Waals surface area contributed by atoms with Crippen molar-refractivity contribution < 1.29 is 4.79 Å². The minimum atomic E-state index is -0.316. The van der Waals surface area contributed by atoms with Crippen molar-refractivity contribution in [3.8, 4) is 11.3 Å². The predicted molar refractivity (Wildman–Crippen MR) is 119 cm³/mol. The molecule has 0 unspecified atom stereocenters. The van der Waals surface area contributed by atoms with E-state index in [1.165, 1.54) is 0 Å². The van der Waals surface area contributed by atoms with Crippen molar-refractivity contribution in [3.05, 3.63) is 100 Å². The number of hydrogen-bond donors (Lipinski definition) is 1. The van der Waals surface area contributed by atoms with Crippen LogP contribution in [-0.4, -0.2) is 17.1 Å². The average molecular weight is 420 g/mol. The summed E-state index contributed by atoms with van der Waals surface area (Å²) < 4.78 is 0. The highest BCUT2D eigenvalue weighted by atomic mass is 35.5. The second-order valence-corrected chi connectivity index (χ2v) is 7.20. The predicted octanol–water partition coefficient (Wildman–Crippen LogP) is 5.97. The van der Waals surface area contributed by atoms with E-state index in [1.807, 2.05) is 48.5 Å². The molecule has 1 amide bonds. The van der Waals surface area contributed by atoms with Crippen molar-refractivity contribution in [1.82, 2.24) is 10.4 Å². The molecule has 0 saturated heterocycles. The summed E-state index contributed by atoms with van der Waals surface area (Å²) in [5, 5.41) is 6.10. The van der Waals surface area contributed by atoms with Crippen LogP contribution in [0.5, 0.6) is 0 Å². The third-order valence-corrected chi connectivity index (χ3v) is 4.85. The molecule has 0 spiro atoms. The first-order chi connectivity index (χ1) is 14.1. The highest BCUT2D eigenvalue weighted by Crippen LogP contribution is 2.26. The SMILES string of the molecule is O=C(NN=Cc1ccc(Cl)cc1)c1cc(-c2ccc(Cl)cc2)nc2ccccc12. The number of fused-ring (bicyclic) bond motifs is 1. The van der Waals surface area contributed by atoms with E-state index >= 15 is 0 Å². The molecule has 4 nitrogen and oxygen atoms in total. The number of halogens is 2. The molecule has 1 aromatic heterocycles. The number of nitrogens with one attached hydrogen (secondary N) is 1. The van der Waals surface area contributed by atoms with Gasteiger partial charge in [-0.3, -0.25) is 4.79 Å². The maximum absolute atomic E-state index is 12.8. The van der Waals surface area contributed by atoms with Gasteiger partial charge in [-0.1, -0.05) is 65.7 Å². The van der Waals surface area contributed by atoms with Gasteiger partial charge >= 0.3 is 0 Å². The number of rotatable bonds is 4. The fourth-order valence-corrected chi connectivity index (χ4v) is 3.16. The van der Waals surface area contributed by atoms with Gasteiger partial charge in [0, 0.05) is 21.0 Å². The van der Waals surface area contributed by atoms with Crippen molar-refractivity contribution >= 4 is 46.2 Å². The minimum Gasteiger partial charge on any atom is -0.267 e. The second kappa shape index (κ2) is 8.43. The van der Waals surface area contributed by atoms with Gasteiger partial charge < -0.3 is 0 Å². The van der Waals surface area contributed by atoms with Gasteiger partial charge in [-0.25, -0.2) is 10.4 Å². The molecule has 142 valence electrons. The number of hydrogen-bond acceptors (Lipinski definition) is 3. The molecule has 4 aromatic rings. The summed E-state index contributed by atoms with van der Waals surface area (Å²) in [6.07, 6.45) is 1.57. The number of hydrazone groups is 1. The third-order valence-electron chi connectivity index (χ3n) is 4.35. The lowest BCUT2D eigenvalue weighted by atomic mass is 10.0. The molecule has 3 aromatic carbocycles. The summed E-state index contributed by atoms with van der Waals surface area (Å²) in [6.45, 7) is 0. The molecule has 0 radical (unpaired) electrons. The Morgan fingerprint density at radius 3 is 2.28 bits per heavy atom. The molecule has 0 aliphatic rings. The zero-order chi connectivity index (χ0) is 20.2. The van der Waals surface area contributed by atoms with Crippen LogP contribution in [0, 0.1) is 0 Å². The van der Waals surface area contributed by atoms with E-state index in [4.69, 9.17) is 23.2 Å². The number of aromatic nitrogens is 1. The number of pyridine rings is 1. The monoisotopic (exact) mass is 419 g/mol. The lowest BCUT2D eigenvalue weighted by molar-refractivity contribution is 0.0957. The summed E-state index contributed by atoms with van der Waals surface area (Å²) in [6, 6.07) is 23.8. The average Bonchev–Trinajstić information content (AvgIpc) is 2.75. The number of nitrogens with zero attached hydrogens (tertiary/aromatic N) is 2. The van der Waals surface area contributed by atoms with Crippen LogP contribution in [0.15, 0.2) is 84.0 Å². The van der Waals surface area contributed by atoms with Crippen molar-refractivity contribution in [2.45, 2.75) is 0 Å². The van der Waals surface area contributed by atoms with Gasteiger partial charge in [0.05, 0.1) is 23.0 Å². The topological polar surface area (TPSA) is 54.4 Å². The standard InChI is InChI=1S/C23H15Cl2N3O/c24-17-9-5-15(6-10-17)14-26-28-23(29)20-13-22(16-7-11-18(25)12-8-16)27-21-4-2-1-3-19(20)21/h1-14H,(H,28,29). The molecule has 1 N–H and O–H groups in total. The normalized spacial score (nSPS) is 11.1. The molecule has 0 saturated carbocycles. The maximum atomic E-state index is 12.8. The van der Waals surface area contributed by atoms with Crippen molar-refractivity contribution in [2.75, 3.05) is 0 Å². The molecule has 0 bridgehead atoms. The van der Waals surface area contributed by atoms with E-state index in [1.54, 1.807) is 36.5 Å². The van der Waals surface area contributed by atoms with Crippen LogP contribution < -0.4 is 5.43 Å². The summed E-state index contributed by atoms with van der Waals surface area (Å²) >= 11 is 11.9. The Hall–Kier alpha value is -3.21. The first-order valence-electron chi connectivity index (χ1n) is 8.85. The Kier molecular flexibility index (Phi) is 5.56. The lowest BCUT2D eigenvalue weighted by Gasteiger charge is -2.09. The zero-order valence-electron chi connectivity index (χ0n) is 15.1. The molecule has 29 heavy (non-hydrogen) atoms. The van der Waals surface area contributed by atoms with E-state index < -0.39 is 0 Å². The van der Waals surface area contributed by atoms with E-state index in [2.05, 4.69) is 15.5 Å². The van der Waals surface area contributed by atoms with Gasteiger partial charge in [0.25, 0.3) is 5.91 Å². The van der Waals surface area contributed by atoms with Gasteiger partial charge in [0.15, 0.2) is 0 Å². The fourth-order valence-electron chi connectivity index (χ4n) is 2.91. The minimum absolute atomic E-state index is 0.316. The molecular weight excluding hydrogens is 405 g/mol. The van der Waals surface area contributed by atoms with E-state index in [0.717, 1.165) is 22.0 Å². The van der Waals surface area contributed by atoms with Crippen LogP contribution in [0.1, 0.15) is 15.9 Å². The molecule has 0 atom stereocenters. The largest absolute Gasteiger partial charge is 0.272 e. The van der Waals surface area contributed by atoms with Gasteiger partial charge in [0.2, 0.25) is 0 Å². The van der Waals surface area contributed by atoms with E-state index in [0.29, 0.717) is 21.3 Å². The number of para-hydroxylation sites is 1. The van der Waals surface area contributed by atoms with Crippen LogP contribution in [-0.2, 0) is 0 Å². The van der Waals surface area contributed by atoms with Crippen LogP contribution in [0.3, 0.4) is 0 Å². The van der Waals surface area contributed by atoms with Gasteiger partial charge in [0.1, 0.15) is 0 Å². The molecule has 1 heterocycles. The Morgan fingerprint density at radius 2 is 1.55 bits per heavy atom. The molecule has 0 aliphatic heterocycles. The van der Waals surface area contributed by atoms with Gasteiger partial charge in [-0.2, -0.15) is 5.10 Å². The highest BCUT2D eigenvalue weighted by Gasteiger charge is 2.13. The molecule has 6 heteroatoms. The Bertz CT molecular complexity index is 1200. The van der Waals surface area contributed by atoms with Gasteiger partial charge in [-0.15, -0.1) is 0 Å². The fraction of sp³-hybridized carbons (Fsp3) is 0. The lowest BCUT2D eigenvalue weighted by Crippen LogP contribution is -2.18. The Labute approximate surface area is 177 Å². The number of benzene rings is 3. The number of carbonyl (C=O) groups excluding carboxylic acids is 1. The van der Waals surface area contributed by atoms with E-state index in [-0.39, 0.29) is 5.91 Å². The van der Waals surface area contributed by atoms with Crippen molar-refractivity contribution in [2.24, 2.45) is 5.10 Å². The van der Waals surface area contributed by atoms with Crippen LogP contribution >= 0.6 is 23.2 Å². The quantitative estimate of drug-likeness (QED) is 0.327. The van der Waals surface area contributed by atoms with Gasteiger partial charge in [-0.05, 0) is 42.0 Å². The third kappa shape index (κ3) is 4.45. The summed E-state index contributed by atoms with van der Waals surface area (Å²) in [5.41, 5.74) is 6.20. The first-order valence-corrected chi connectivity index (χ1v) is 9.60. The van der Waals surface area contributed by atoms with Crippen LogP contribution in [0.4, 0.5) is 0 Å². The van der Waals surface area contributed by atoms with Crippen molar-refractivity contribution in [1.29, 1.82) is 0 Å². The summed E-state index contributed by atoms with van der Waals surface area (Å²) in [4.78, 5) is 17.5.